The molecule has 0 amide bonds. The maximum atomic E-state index is 11.5. The Labute approximate surface area is 201 Å². The number of benzene rings is 3. The summed E-state index contributed by atoms with van der Waals surface area (Å²) in [6.07, 6.45) is 5.35. The second-order valence-electron chi connectivity index (χ2n) is 8.80. The zero-order chi connectivity index (χ0) is 23.9. The van der Waals surface area contributed by atoms with Crippen LogP contribution in [0.5, 0.6) is 5.75 Å². The molecule has 0 radical (unpaired) electrons. The van der Waals surface area contributed by atoms with Crippen molar-refractivity contribution in [3.63, 3.8) is 0 Å². The third-order valence-corrected chi connectivity index (χ3v) is 6.44. The van der Waals surface area contributed by atoms with E-state index in [1.54, 1.807) is 12.1 Å². The molecule has 0 spiro atoms. The fraction of sp³-hybridized carbons (Fsp3) is 0.345. The largest absolute Gasteiger partial charge is 0.491 e. The lowest BCUT2D eigenvalue weighted by Gasteiger charge is -2.19. The predicted octanol–water partition coefficient (Wildman–Crippen LogP) is 6.03. The normalized spacial score (nSPS) is 13.3. The Hall–Kier alpha value is -3.31. The quantitative estimate of drug-likeness (QED) is 0.387. The first-order valence-corrected chi connectivity index (χ1v) is 12.2. The zero-order valence-corrected chi connectivity index (χ0v) is 19.8. The van der Waals surface area contributed by atoms with E-state index in [9.17, 15) is 15.0 Å². The fourth-order valence-corrected chi connectivity index (χ4v) is 4.61. The fourth-order valence-electron chi connectivity index (χ4n) is 4.61. The van der Waals surface area contributed by atoms with Crippen molar-refractivity contribution < 1.29 is 19.7 Å². The third-order valence-electron chi connectivity index (χ3n) is 6.44. The number of carbonyl (C=O) groups is 1. The number of hydrogen-bond acceptors (Lipinski definition) is 4. The van der Waals surface area contributed by atoms with Crippen molar-refractivity contribution in [2.24, 2.45) is 0 Å². The minimum absolute atomic E-state index is 0.0487. The summed E-state index contributed by atoms with van der Waals surface area (Å²) < 4.78 is 5.87. The van der Waals surface area contributed by atoms with Crippen LogP contribution in [0.4, 0.5) is 5.69 Å². The van der Waals surface area contributed by atoms with Crippen molar-refractivity contribution in [1.82, 2.24) is 0 Å². The number of aromatic carboxylic acids is 1. The molecule has 3 aromatic carbocycles. The highest BCUT2D eigenvalue weighted by atomic mass is 16.5. The van der Waals surface area contributed by atoms with Gasteiger partial charge in [-0.3, -0.25) is 0 Å². The number of aryl methyl sites for hydroxylation is 1. The summed E-state index contributed by atoms with van der Waals surface area (Å²) in [5.41, 5.74) is 6.68. The molecule has 5 nitrogen and oxygen atoms in total. The molecule has 0 bridgehead atoms. The number of unbranched alkanes of at least 4 members (excludes halogenated alkanes) is 1. The highest BCUT2D eigenvalue weighted by molar-refractivity contribution is 5.89. The Morgan fingerprint density at radius 1 is 0.941 bits per heavy atom. The first kappa shape index (κ1) is 23.8. The minimum atomic E-state index is -0.907. The van der Waals surface area contributed by atoms with Crippen molar-refractivity contribution in [3.8, 4) is 28.0 Å². The summed E-state index contributed by atoms with van der Waals surface area (Å²) in [5.74, 6) is -0.181. The Morgan fingerprint density at radius 3 is 2.35 bits per heavy atom. The van der Waals surface area contributed by atoms with E-state index in [0.29, 0.717) is 5.56 Å². The van der Waals surface area contributed by atoms with E-state index >= 15 is 0 Å². The van der Waals surface area contributed by atoms with E-state index in [4.69, 9.17) is 4.74 Å². The molecule has 0 unspecified atom stereocenters. The van der Waals surface area contributed by atoms with Crippen LogP contribution in [0.25, 0.3) is 22.3 Å². The van der Waals surface area contributed by atoms with Gasteiger partial charge in [-0.25, -0.2) is 4.79 Å². The Kier molecular flexibility index (Phi) is 7.86. The molecule has 1 aliphatic rings. The number of rotatable bonds is 10. The molecule has 0 aliphatic carbocycles. The molecule has 3 aromatic rings. The number of aliphatic hydroxyl groups excluding tert-OH is 1. The Bertz CT molecular complexity index is 1120. The summed E-state index contributed by atoms with van der Waals surface area (Å²) in [6.45, 7) is 4.53. The number of nitrogens with zero attached hydrogens (tertiary/aromatic N) is 1. The van der Waals surface area contributed by atoms with Crippen molar-refractivity contribution in [2.45, 2.75) is 39.0 Å². The first-order valence-electron chi connectivity index (χ1n) is 12.2. The molecule has 1 heterocycles. The summed E-state index contributed by atoms with van der Waals surface area (Å²) in [6, 6.07) is 20.1. The summed E-state index contributed by atoms with van der Waals surface area (Å²) >= 11 is 0. The second-order valence-corrected chi connectivity index (χ2v) is 8.80. The molecular formula is C29H33NO4. The molecule has 0 atom stereocenters. The van der Waals surface area contributed by atoms with E-state index in [1.165, 1.54) is 18.5 Å². The molecule has 0 saturated carbocycles. The molecular weight excluding hydrogens is 426 g/mol. The van der Waals surface area contributed by atoms with Crippen LogP contribution < -0.4 is 9.64 Å². The number of aliphatic hydroxyl groups is 1. The van der Waals surface area contributed by atoms with Crippen LogP contribution in [0, 0.1) is 0 Å². The highest BCUT2D eigenvalue weighted by Crippen LogP contribution is 2.37. The van der Waals surface area contributed by atoms with Gasteiger partial charge in [0.25, 0.3) is 0 Å². The lowest BCUT2D eigenvalue weighted by atomic mass is 9.92. The molecule has 0 aromatic heterocycles. The van der Waals surface area contributed by atoms with Crippen molar-refractivity contribution in [1.29, 1.82) is 0 Å². The van der Waals surface area contributed by atoms with E-state index in [1.807, 2.05) is 18.2 Å². The molecule has 2 N–H and O–H groups in total. The number of carboxylic acid groups (broad SMARTS) is 1. The third kappa shape index (κ3) is 5.42. The summed E-state index contributed by atoms with van der Waals surface area (Å²) in [7, 11) is 0. The molecule has 178 valence electrons. The van der Waals surface area contributed by atoms with Gasteiger partial charge in [0.2, 0.25) is 0 Å². The summed E-state index contributed by atoms with van der Waals surface area (Å²) in [4.78, 5) is 14.0. The Balaban J connectivity index is 1.74. The molecule has 1 aliphatic heterocycles. The summed E-state index contributed by atoms with van der Waals surface area (Å²) in [5, 5.41) is 18.8. The van der Waals surface area contributed by atoms with Crippen molar-refractivity contribution >= 4 is 11.7 Å². The van der Waals surface area contributed by atoms with Crippen LogP contribution in [0.1, 0.15) is 48.5 Å². The van der Waals surface area contributed by atoms with E-state index in [0.717, 1.165) is 65.9 Å². The number of ether oxygens (including phenoxy) is 1. The van der Waals surface area contributed by atoms with Gasteiger partial charge in [-0.05, 0) is 84.3 Å². The number of carboxylic acids is 1. The van der Waals surface area contributed by atoms with Gasteiger partial charge < -0.3 is 19.8 Å². The van der Waals surface area contributed by atoms with Gasteiger partial charge in [-0.1, -0.05) is 37.6 Å². The SMILES string of the molecule is CCCCc1cc(C(=O)O)ccc1-c1ccc(OCCO)c(-c2ccc(N3CCCC3)cc2)c1. The van der Waals surface area contributed by atoms with Crippen molar-refractivity contribution in [2.75, 3.05) is 31.2 Å². The Morgan fingerprint density at radius 2 is 1.68 bits per heavy atom. The van der Waals surface area contributed by atoms with Crippen LogP contribution in [0.15, 0.2) is 60.7 Å². The molecule has 4 rings (SSSR count). The van der Waals surface area contributed by atoms with Crippen LogP contribution in [0.2, 0.25) is 0 Å². The highest BCUT2D eigenvalue weighted by Gasteiger charge is 2.15. The topological polar surface area (TPSA) is 70.0 Å². The van der Waals surface area contributed by atoms with Gasteiger partial charge in [0.1, 0.15) is 12.4 Å². The van der Waals surface area contributed by atoms with E-state index < -0.39 is 5.97 Å². The number of anilines is 1. The van der Waals surface area contributed by atoms with Gasteiger partial charge in [0, 0.05) is 24.3 Å². The molecule has 1 fully saturated rings. The van der Waals surface area contributed by atoms with Crippen LogP contribution >= 0.6 is 0 Å². The average Bonchev–Trinajstić information content (AvgIpc) is 3.41. The smallest absolute Gasteiger partial charge is 0.335 e. The standard InChI is InChI=1S/C29H33NO4/c1-2-3-6-22-19-24(29(32)33)9-13-26(22)23-10-14-28(34-18-17-31)27(20-23)21-7-11-25(12-8-21)30-15-4-5-16-30/h7-14,19-20,31H,2-6,15-18H2,1H3,(H,32,33). The maximum absolute atomic E-state index is 11.5. The van der Waals surface area contributed by atoms with Crippen LogP contribution in [-0.4, -0.2) is 42.5 Å². The monoisotopic (exact) mass is 459 g/mol. The molecule has 5 heteroatoms. The average molecular weight is 460 g/mol. The van der Waals surface area contributed by atoms with Crippen LogP contribution in [-0.2, 0) is 6.42 Å². The second kappa shape index (κ2) is 11.2. The van der Waals surface area contributed by atoms with Gasteiger partial charge in [-0.15, -0.1) is 0 Å². The van der Waals surface area contributed by atoms with E-state index in [2.05, 4.69) is 42.2 Å². The number of hydrogen-bond donors (Lipinski definition) is 2. The van der Waals surface area contributed by atoms with Gasteiger partial charge in [0.05, 0.1) is 12.2 Å². The van der Waals surface area contributed by atoms with Crippen LogP contribution in [0.3, 0.4) is 0 Å². The minimum Gasteiger partial charge on any atom is -0.491 e. The van der Waals surface area contributed by atoms with Gasteiger partial charge in [-0.2, -0.15) is 0 Å². The first-order chi connectivity index (χ1) is 16.6. The van der Waals surface area contributed by atoms with Gasteiger partial charge in [0.15, 0.2) is 0 Å². The van der Waals surface area contributed by atoms with Crippen molar-refractivity contribution in [3.05, 3.63) is 71.8 Å². The maximum Gasteiger partial charge on any atom is 0.335 e. The van der Waals surface area contributed by atoms with Gasteiger partial charge >= 0.3 is 5.97 Å². The molecule has 34 heavy (non-hydrogen) atoms. The van der Waals surface area contributed by atoms with E-state index in [-0.39, 0.29) is 13.2 Å². The zero-order valence-electron chi connectivity index (χ0n) is 19.8. The molecule has 1 saturated heterocycles. The lowest BCUT2D eigenvalue weighted by Crippen LogP contribution is -2.17. The predicted molar refractivity (Wildman–Crippen MR) is 137 cm³/mol. The lowest BCUT2D eigenvalue weighted by molar-refractivity contribution is 0.0696.